The fraction of sp³-hybridized carbons (Fsp3) is 0.200. The topological polar surface area (TPSA) is 35.2 Å². The average molecular weight is 324 g/mol. The highest BCUT2D eigenvalue weighted by Gasteiger charge is 2.06. The van der Waals surface area contributed by atoms with E-state index in [2.05, 4.69) is 15.9 Å². The molecule has 0 aliphatic heterocycles. The summed E-state index contributed by atoms with van der Waals surface area (Å²) in [5, 5.41) is 0. The lowest BCUT2D eigenvalue weighted by atomic mass is 10.1. The summed E-state index contributed by atoms with van der Waals surface area (Å²) in [5.41, 5.74) is 7.23. The number of hydrogen-bond donors (Lipinski definition) is 1. The van der Waals surface area contributed by atoms with Gasteiger partial charge in [0.05, 0.1) is 4.47 Å². The number of rotatable bonds is 4. The zero-order valence-electron chi connectivity index (χ0n) is 10.6. The van der Waals surface area contributed by atoms with Crippen LogP contribution in [0.2, 0.25) is 0 Å². The molecule has 0 spiro atoms. The first-order chi connectivity index (χ1) is 9.10. The van der Waals surface area contributed by atoms with E-state index in [0.717, 1.165) is 16.5 Å². The molecule has 0 aliphatic carbocycles. The van der Waals surface area contributed by atoms with Gasteiger partial charge >= 0.3 is 0 Å². The Kier molecular flexibility index (Phi) is 4.56. The monoisotopic (exact) mass is 323 g/mol. The second-order valence-electron chi connectivity index (χ2n) is 4.32. The van der Waals surface area contributed by atoms with Gasteiger partial charge in [0.15, 0.2) is 0 Å². The fourth-order valence-corrected chi connectivity index (χ4v) is 2.26. The van der Waals surface area contributed by atoms with Gasteiger partial charge in [-0.05, 0) is 77.3 Å². The van der Waals surface area contributed by atoms with Crippen molar-refractivity contribution >= 4 is 15.9 Å². The van der Waals surface area contributed by atoms with Crippen LogP contribution in [0, 0.1) is 12.7 Å². The van der Waals surface area contributed by atoms with Crippen LogP contribution >= 0.6 is 15.9 Å². The Morgan fingerprint density at radius 2 is 2.00 bits per heavy atom. The predicted molar refractivity (Wildman–Crippen MR) is 78.1 cm³/mol. The molecule has 0 saturated carbocycles. The van der Waals surface area contributed by atoms with Gasteiger partial charge < -0.3 is 10.5 Å². The van der Waals surface area contributed by atoms with Crippen LogP contribution in [0.4, 0.5) is 4.39 Å². The van der Waals surface area contributed by atoms with Gasteiger partial charge in [-0.15, -0.1) is 0 Å². The Hall–Kier alpha value is -1.39. The van der Waals surface area contributed by atoms with Crippen molar-refractivity contribution in [3.63, 3.8) is 0 Å². The molecule has 0 heterocycles. The summed E-state index contributed by atoms with van der Waals surface area (Å²) in [6.07, 6.45) is 0.828. The van der Waals surface area contributed by atoms with Crippen molar-refractivity contribution in [3.8, 4) is 11.5 Å². The van der Waals surface area contributed by atoms with Crippen LogP contribution < -0.4 is 10.5 Å². The van der Waals surface area contributed by atoms with Crippen molar-refractivity contribution in [3.05, 3.63) is 57.8 Å². The second kappa shape index (κ2) is 6.17. The SMILES string of the molecule is Cc1cc(Oc2ccc(CCN)cc2Br)ccc1F. The molecule has 0 aromatic heterocycles. The van der Waals surface area contributed by atoms with Crippen molar-refractivity contribution < 1.29 is 9.13 Å². The summed E-state index contributed by atoms with van der Waals surface area (Å²) in [6, 6.07) is 10.5. The minimum atomic E-state index is -0.232. The maximum absolute atomic E-state index is 13.2. The Bertz CT molecular complexity index is 586. The number of ether oxygens (including phenoxy) is 1. The third kappa shape index (κ3) is 3.55. The average Bonchev–Trinajstić information content (AvgIpc) is 2.37. The Morgan fingerprint density at radius 1 is 1.21 bits per heavy atom. The van der Waals surface area contributed by atoms with Crippen molar-refractivity contribution in [2.45, 2.75) is 13.3 Å². The predicted octanol–water partition coefficient (Wildman–Crippen LogP) is 4.19. The molecule has 0 bridgehead atoms. The standard InChI is InChI=1S/C15H15BrFNO/c1-10-8-12(3-4-14(10)17)19-15-5-2-11(6-7-18)9-13(15)16/h2-5,8-9H,6-7,18H2,1H3. The number of nitrogens with two attached hydrogens (primary N) is 1. The fourth-order valence-electron chi connectivity index (χ4n) is 1.76. The number of aryl methyl sites for hydroxylation is 1. The maximum atomic E-state index is 13.2. The zero-order valence-corrected chi connectivity index (χ0v) is 12.2. The van der Waals surface area contributed by atoms with Crippen molar-refractivity contribution in [2.75, 3.05) is 6.54 Å². The van der Waals surface area contributed by atoms with E-state index in [4.69, 9.17) is 10.5 Å². The van der Waals surface area contributed by atoms with Crippen molar-refractivity contribution in [1.29, 1.82) is 0 Å². The smallest absolute Gasteiger partial charge is 0.141 e. The molecule has 19 heavy (non-hydrogen) atoms. The van der Waals surface area contributed by atoms with E-state index in [-0.39, 0.29) is 5.82 Å². The Labute approximate surface area is 120 Å². The Morgan fingerprint density at radius 3 is 2.63 bits per heavy atom. The molecule has 2 rings (SSSR count). The molecule has 0 atom stereocenters. The largest absolute Gasteiger partial charge is 0.456 e. The van der Waals surface area contributed by atoms with Crippen LogP contribution in [0.15, 0.2) is 40.9 Å². The summed E-state index contributed by atoms with van der Waals surface area (Å²) in [6.45, 7) is 2.32. The van der Waals surface area contributed by atoms with E-state index in [0.29, 0.717) is 23.6 Å². The molecular weight excluding hydrogens is 309 g/mol. The summed E-state index contributed by atoms with van der Waals surface area (Å²) in [4.78, 5) is 0. The number of hydrogen-bond acceptors (Lipinski definition) is 2. The van der Waals surface area contributed by atoms with Crippen LogP contribution in [0.5, 0.6) is 11.5 Å². The van der Waals surface area contributed by atoms with E-state index < -0.39 is 0 Å². The lowest BCUT2D eigenvalue weighted by molar-refractivity contribution is 0.476. The van der Waals surface area contributed by atoms with Gasteiger partial charge in [0.2, 0.25) is 0 Å². The molecule has 4 heteroatoms. The normalized spacial score (nSPS) is 10.5. The molecule has 0 radical (unpaired) electrons. The molecule has 0 fully saturated rings. The lowest BCUT2D eigenvalue weighted by Crippen LogP contribution is -2.02. The third-order valence-electron chi connectivity index (χ3n) is 2.79. The molecule has 0 aliphatic rings. The first-order valence-corrected chi connectivity index (χ1v) is 6.82. The van der Waals surface area contributed by atoms with E-state index in [1.54, 1.807) is 19.1 Å². The molecule has 2 aromatic rings. The highest BCUT2D eigenvalue weighted by Crippen LogP contribution is 2.31. The van der Waals surface area contributed by atoms with E-state index >= 15 is 0 Å². The van der Waals surface area contributed by atoms with Gasteiger partial charge in [-0.2, -0.15) is 0 Å². The van der Waals surface area contributed by atoms with Crippen LogP contribution in [0.3, 0.4) is 0 Å². The minimum Gasteiger partial charge on any atom is -0.456 e. The van der Waals surface area contributed by atoms with E-state index in [1.165, 1.54) is 6.07 Å². The van der Waals surface area contributed by atoms with E-state index in [9.17, 15) is 4.39 Å². The minimum absolute atomic E-state index is 0.232. The van der Waals surface area contributed by atoms with Gasteiger partial charge in [-0.25, -0.2) is 4.39 Å². The molecule has 0 saturated heterocycles. The van der Waals surface area contributed by atoms with Crippen LogP contribution in [0.25, 0.3) is 0 Å². The van der Waals surface area contributed by atoms with Gasteiger partial charge in [0.25, 0.3) is 0 Å². The molecule has 2 nitrogen and oxygen atoms in total. The quantitative estimate of drug-likeness (QED) is 0.915. The van der Waals surface area contributed by atoms with Gasteiger partial charge in [0.1, 0.15) is 17.3 Å². The van der Waals surface area contributed by atoms with Crippen LogP contribution in [0.1, 0.15) is 11.1 Å². The molecule has 100 valence electrons. The van der Waals surface area contributed by atoms with Gasteiger partial charge in [-0.1, -0.05) is 6.07 Å². The number of benzene rings is 2. The molecule has 0 amide bonds. The van der Waals surface area contributed by atoms with Gasteiger partial charge in [-0.3, -0.25) is 0 Å². The molecular formula is C15H15BrFNO. The van der Waals surface area contributed by atoms with Crippen molar-refractivity contribution in [1.82, 2.24) is 0 Å². The summed E-state index contributed by atoms with van der Waals surface area (Å²) in [7, 11) is 0. The third-order valence-corrected chi connectivity index (χ3v) is 3.41. The number of halogens is 2. The van der Waals surface area contributed by atoms with Crippen LogP contribution in [-0.2, 0) is 6.42 Å². The summed E-state index contributed by atoms with van der Waals surface area (Å²) in [5.74, 6) is 1.09. The van der Waals surface area contributed by atoms with Gasteiger partial charge in [0, 0.05) is 0 Å². The first-order valence-electron chi connectivity index (χ1n) is 6.02. The Balaban J connectivity index is 2.20. The highest BCUT2D eigenvalue weighted by molar-refractivity contribution is 9.10. The molecule has 0 unspecified atom stereocenters. The van der Waals surface area contributed by atoms with E-state index in [1.807, 2.05) is 18.2 Å². The second-order valence-corrected chi connectivity index (χ2v) is 5.17. The lowest BCUT2D eigenvalue weighted by Gasteiger charge is -2.10. The first kappa shape index (κ1) is 14.0. The maximum Gasteiger partial charge on any atom is 0.141 e. The van der Waals surface area contributed by atoms with Crippen LogP contribution in [-0.4, -0.2) is 6.54 Å². The summed E-state index contributed by atoms with van der Waals surface area (Å²) >= 11 is 3.47. The van der Waals surface area contributed by atoms with Crippen molar-refractivity contribution in [2.24, 2.45) is 5.73 Å². The zero-order chi connectivity index (χ0) is 13.8. The highest BCUT2D eigenvalue weighted by atomic mass is 79.9. The summed E-state index contributed by atoms with van der Waals surface area (Å²) < 4.78 is 19.8. The molecule has 2 N–H and O–H groups in total. The molecule has 2 aromatic carbocycles.